The summed E-state index contributed by atoms with van der Waals surface area (Å²) >= 11 is 0. The zero-order valence-electron chi connectivity index (χ0n) is 14.0. The maximum Gasteiger partial charge on any atom is 0.304 e. The SMILES string of the molecule is CC1CC(C)CN(c2cccc(CN(C)CCC(=O)O)c2)C1. The van der Waals surface area contributed by atoms with E-state index in [4.69, 9.17) is 5.11 Å². The lowest BCUT2D eigenvalue weighted by Crippen LogP contribution is -2.38. The number of aliphatic carboxylic acids is 1. The standard InChI is InChI=1S/C18H28N2O2/c1-14-9-15(2)12-20(11-14)17-6-4-5-16(10-17)13-19(3)8-7-18(21)22/h4-6,10,14-15H,7-9,11-13H2,1-3H3,(H,21,22). The number of hydrogen-bond donors (Lipinski definition) is 1. The molecule has 1 N–H and O–H groups in total. The molecular weight excluding hydrogens is 276 g/mol. The molecule has 1 aliphatic rings. The summed E-state index contributed by atoms with van der Waals surface area (Å²) in [7, 11) is 1.97. The minimum atomic E-state index is -0.739. The molecule has 0 spiro atoms. The second-order valence-electron chi connectivity index (χ2n) is 6.90. The van der Waals surface area contributed by atoms with Gasteiger partial charge in [-0.15, -0.1) is 0 Å². The minimum absolute atomic E-state index is 0.192. The van der Waals surface area contributed by atoms with Crippen LogP contribution in [-0.2, 0) is 11.3 Å². The summed E-state index contributed by atoms with van der Waals surface area (Å²) in [6.45, 7) is 8.28. The van der Waals surface area contributed by atoms with Crippen LogP contribution >= 0.6 is 0 Å². The molecule has 1 aromatic carbocycles. The van der Waals surface area contributed by atoms with Gasteiger partial charge in [-0.2, -0.15) is 0 Å². The lowest BCUT2D eigenvalue weighted by Gasteiger charge is -2.37. The summed E-state index contributed by atoms with van der Waals surface area (Å²) in [5.74, 6) is 0.744. The summed E-state index contributed by atoms with van der Waals surface area (Å²) in [5.41, 5.74) is 2.54. The molecule has 1 aliphatic heterocycles. The Morgan fingerprint density at radius 1 is 1.32 bits per heavy atom. The fourth-order valence-corrected chi connectivity index (χ4v) is 3.40. The first-order chi connectivity index (χ1) is 10.4. The van der Waals surface area contributed by atoms with Crippen molar-refractivity contribution in [1.82, 2.24) is 4.90 Å². The van der Waals surface area contributed by atoms with Gasteiger partial charge in [0.2, 0.25) is 0 Å². The van der Waals surface area contributed by atoms with E-state index >= 15 is 0 Å². The minimum Gasteiger partial charge on any atom is -0.481 e. The number of carboxylic acids is 1. The van der Waals surface area contributed by atoms with E-state index in [1.807, 2.05) is 7.05 Å². The van der Waals surface area contributed by atoms with E-state index in [0.29, 0.717) is 6.54 Å². The first-order valence-corrected chi connectivity index (χ1v) is 8.18. The second-order valence-corrected chi connectivity index (χ2v) is 6.90. The molecule has 1 fully saturated rings. The van der Waals surface area contributed by atoms with E-state index in [0.717, 1.165) is 31.5 Å². The number of hydrogen-bond acceptors (Lipinski definition) is 3. The Morgan fingerprint density at radius 3 is 2.64 bits per heavy atom. The van der Waals surface area contributed by atoms with E-state index in [1.165, 1.54) is 17.7 Å². The Hall–Kier alpha value is -1.55. The van der Waals surface area contributed by atoms with Gasteiger partial charge in [0.15, 0.2) is 0 Å². The van der Waals surface area contributed by atoms with E-state index in [2.05, 4.69) is 47.9 Å². The summed E-state index contributed by atoms with van der Waals surface area (Å²) < 4.78 is 0. The van der Waals surface area contributed by atoms with E-state index in [9.17, 15) is 4.79 Å². The fourth-order valence-electron chi connectivity index (χ4n) is 3.40. The van der Waals surface area contributed by atoms with Gasteiger partial charge in [-0.25, -0.2) is 0 Å². The second kappa shape index (κ2) is 7.63. The van der Waals surface area contributed by atoms with Gasteiger partial charge < -0.3 is 14.9 Å². The van der Waals surface area contributed by atoms with Crippen LogP contribution in [0, 0.1) is 11.8 Å². The zero-order chi connectivity index (χ0) is 16.1. The third-order valence-corrected chi connectivity index (χ3v) is 4.30. The van der Waals surface area contributed by atoms with Gasteiger partial charge in [-0.05, 0) is 43.0 Å². The van der Waals surface area contributed by atoms with Crippen molar-refractivity contribution >= 4 is 11.7 Å². The summed E-state index contributed by atoms with van der Waals surface area (Å²) in [5, 5.41) is 8.76. The van der Waals surface area contributed by atoms with Crippen LogP contribution in [0.2, 0.25) is 0 Å². The molecule has 1 aromatic rings. The topological polar surface area (TPSA) is 43.8 Å². The highest BCUT2D eigenvalue weighted by atomic mass is 16.4. The molecule has 2 rings (SSSR count). The molecule has 0 saturated carbocycles. The maximum absolute atomic E-state index is 10.6. The van der Waals surface area contributed by atoms with Crippen LogP contribution in [0.4, 0.5) is 5.69 Å². The number of rotatable bonds is 6. The molecule has 1 heterocycles. The highest BCUT2D eigenvalue weighted by Crippen LogP contribution is 2.27. The molecule has 0 aromatic heterocycles. The van der Waals surface area contributed by atoms with Crippen molar-refractivity contribution in [3.05, 3.63) is 29.8 Å². The Morgan fingerprint density at radius 2 is 2.00 bits per heavy atom. The van der Waals surface area contributed by atoms with Crippen LogP contribution in [0.5, 0.6) is 0 Å². The van der Waals surface area contributed by atoms with Gasteiger partial charge in [0.1, 0.15) is 0 Å². The number of anilines is 1. The van der Waals surface area contributed by atoms with Crippen molar-refractivity contribution in [3.63, 3.8) is 0 Å². The molecule has 0 aliphatic carbocycles. The van der Waals surface area contributed by atoms with Crippen molar-refractivity contribution in [2.24, 2.45) is 11.8 Å². The lowest BCUT2D eigenvalue weighted by molar-refractivity contribution is -0.137. The number of piperidine rings is 1. The molecule has 2 unspecified atom stereocenters. The third-order valence-electron chi connectivity index (χ3n) is 4.30. The third kappa shape index (κ3) is 5.02. The van der Waals surface area contributed by atoms with Crippen LogP contribution in [0.15, 0.2) is 24.3 Å². The summed E-state index contributed by atoms with van der Waals surface area (Å²) in [6, 6.07) is 8.67. The first-order valence-electron chi connectivity index (χ1n) is 8.18. The fraction of sp³-hybridized carbons (Fsp3) is 0.611. The summed E-state index contributed by atoms with van der Waals surface area (Å²) in [4.78, 5) is 15.2. The number of carboxylic acid groups (broad SMARTS) is 1. The predicted molar refractivity (Wildman–Crippen MR) is 90.2 cm³/mol. The predicted octanol–water partition coefficient (Wildman–Crippen LogP) is 3.08. The largest absolute Gasteiger partial charge is 0.481 e. The highest BCUT2D eigenvalue weighted by Gasteiger charge is 2.22. The van der Waals surface area contributed by atoms with Crippen molar-refractivity contribution in [2.45, 2.75) is 33.2 Å². The maximum atomic E-state index is 10.6. The molecule has 4 heteroatoms. The van der Waals surface area contributed by atoms with Crippen LogP contribution in [0.25, 0.3) is 0 Å². The monoisotopic (exact) mass is 304 g/mol. The van der Waals surface area contributed by atoms with Gasteiger partial charge in [0, 0.05) is 31.9 Å². The lowest BCUT2D eigenvalue weighted by atomic mass is 9.91. The Kier molecular flexibility index (Phi) is 5.83. The smallest absolute Gasteiger partial charge is 0.304 e. The molecule has 4 nitrogen and oxygen atoms in total. The molecular formula is C18H28N2O2. The van der Waals surface area contributed by atoms with Crippen LogP contribution in [0.1, 0.15) is 32.3 Å². The molecule has 2 atom stereocenters. The summed E-state index contributed by atoms with van der Waals surface area (Å²) in [6.07, 6.45) is 1.51. The molecule has 0 bridgehead atoms. The molecule has 22 heavy (non-hydrogen) atoms. The van der Waals surface area contributed by atoms with E-state index in [-0.39, 0.29) is 6.42 Å². The average Bonchev–Trinajstić information content (AvgIpc) is 2.44. The van der Waals surface area contributed by atoms with Gasteiger partial charge in [0.05, 0.1) is 6.42 Å². The Labute approximate surface area is 133 Å². The van der Waals surface area contributed by atoms with Crippen LogP contribution < -0.4 is 4.90 Å². The van der Waals surface area contributed by atoms with Crippen molar-refractivity contribution in [1.29, 1.82) is 0 Å². The van der Waals surface area contributed by atoms with E-state index < -0.39 is 5.97 Å². The average molecular weight is 304 g/mol. The Bertz CT molecular complexity index is 494. The van der Waals surface area contributed by atoms with Crippen LogP contribution in [-0.4, -0.2) is 42.7 Å². The molecule has 0 radical (unpaired) electrons. The van der Waals surface area contributed by atoms with Gasteiger partial charge >= 0.3 is 5.97 Å². The quantitative estimate of drug-likeness (QED) is 0.877. The van der Waals surface area contributed by atoms with Gasteiger partial charge in [-0.1, -0.05) is 26.0 Å². The van der Waals surface area contributed by atoms with Crippen molar-refractivity contribution < 1.29 is 9.90 Å². The number of nitrogens with zero attached hydrogens (tertiary/aromatic N) is 2. The van der Waals surface area contributed by atoms with Crippen molar-refractivity contribution in [2.75, 3.05) is 31.6 Å². The van der Waals surface area contributed by atoms with Gasteiger partial charge in [-0.3, -0.25) is 4.79 Å². The van der Waals surface area contributed by atoms with Crippen molar-refractivity contribution in [3.8, 4) is 0 Å². The number of benzene rings is 1. The van der Waals surface area contributed by atoms with Gasteiger partial charge in [0.25, 0.3) is 0 Å². The number of carbonyl (C=O) groups is 1. The van der Waals surface area contributed by atoms with Crippen LogP contribution in [0.3, 0.4) is 0 Å². The Balaban J connectivity index is 1.98. The zero-order valence-corrected chi connectivity index (χ0v) is 14.0. The molecule has 0 amide bonds. The molecule has 122 valence electrons. The molecule has 1 saturated heterocycles. The normalized spacial score (nSPS) is 22.1. The highest BCUT2D eigenvalue weighted by molar-refractivity contribution is 5.66. The first kappa shape index (κ1) is 16.8. The van der Waals surface area contributed by atoms with E-state index in [1.54, 1.807) is 0 Å².